The van der Waals surface area contributed by atoms with E-state index in [9.17, 15) is 18.7 Å². The smallest absolute Gasteiger partial charge is 0.322 e. The summed E-state index contributed by atoms with van der Waals surface area (Å²) in [6, 6.07) is 3.23. The second kappa shape index (κ2) is 4.59. The highest BCUT2D eigenvalue weighted by atomic mass is 19.3. The number of aromatic hydroxyl groups is 1. The first-order chi connectivity index (χ1) is 7.00. The van der Waals surface area contributed by atoms with Gasteiger partial charge in [0.05, 0.1) is 5.69 Å². The van der Waals surface area contributed by atoms with Gasteiger partial charge in [0.15, 0.2) is 0 Å². The molecule has 4 nitrogen and oxygen atoms in total. The number of benzene rings is 1. The molecule has 1 aromatic rings. The largest absolute Gasteiger partial charge is 0.506 e. The van der Waals surface area contributed by atoms with Crippen molar-refractivity contribution in [2.75, 3.05) is 11.9 Å². The van der Waals surface area contributed by atoms with Crippen LogP contribution in [-0.4, -0.2) is 22.7 Å². The average Bonchev–Trinajstić information content (AvgIpc) is 2.15. The first-order valence-electron chi connectivity index (χ1n) is 4.07. The van der Waals surface area contributed by atoms with Crippen molar-refractivity contribution in [3.8, 4) is 5.75 Å². The maximum absolute atomic E-state index is 12.2. The molecule has 0 bridgehead atoms. The van der Waals surface area contributed by atoms with Gasteiger partial charge in [-0.25, -0.2) is 8.78 Å². The van der Waals surface area contributed by atoms with Crippen molar-refractivity contribution in [2.45, 2.75) is 6.43 Å². The molecule has 0 amide bonds. The Balaban J connectivity index is 2.79. The fourth-order valence-electron chi connectivity index (χ4n) is 1.00. The van der Waals surface area contributed by atoms with Crippen LogP contribution in [0, 0.1) is 0 Å². The average molecular weight is 217 g/mol. The highest BCUT2D eigenvalue weighted by molar-refractivity contribution is 5.74. The van der Waals surface area contributed by atoms with Gasteiger partial charge in [-0.2, -0.15) is 0 Å². The summed E-state index contributed by atoms with van der Waals surface area (Å²) in [4.78, 5) is 10.2. The lowest BCUT2D eigenvalue weighted by atomic mass is 10.2. The number of nitrogens with one attached hydrogen (secondary N) is 1. The zero-order chi connectivity index (χ0) is 11.4. The third-order valence-corrected chi connectivity index (χ3v) is 1.70. The van der Waals surface area contributed by atoms with Gasteiger partial charge >= 0.3 is 5.97 Å². The molecule has 0 fully saturated rings. The predicted octanol–water partition coefficient (Wildman–Crippen LogP) is 1.83. The van der Waals surface area contributed by atoms with Crippen molar-refractivity contribution < 1.29 is 23.8 Å². The quantitative estimate of drug-likeness (QED) is 0.673. The van der Waals surface area contributed by atoms with Crippen LogP contribution in [0.4, 0.5) is 14.5 Å². The monoisotopic (exact) mass is 217 g/mol. The van der Waals surface area contributed by atoms with Crippen LogP contribution in [0.15, 0.2) is 18.2 Å². The van der Waals surface area contributed by atoms with Gasteiger partial charge in [0, 0.05) is 5.56 Å². The molecule has 1 aromatic carbocycles. The number of anilines is 1. The molecule has 15 heavy (non-hydrogen) atoms. The summed E-state index contributed by atoms with van der Waals surface area (Å²) >= 11 is 0. The van der Waals surface area contributed by atoms with Crippen LogP contribution in [0.5, 0.6) is 5.75 Å². The highest BCUT2D eigenvalue weighted by Crippen LogP contribution is 2.28. The second-order valence-electron chi connectivity index (χ2n) is 2.82. The number of hydrogen-bond donors (Lipinski definition) is 3. The van der Waals surface area contributed by atoms with E-state index in [1.807, 2.05) is 0 Å². The van der Waals surface area contributed by atoms with Crippen molar-refractivity contribution in [3.05, 3.63) is 23.8 Å². The minimum absolute atomic E-state index is 0.113. The van der Waals surface area contributed by atoms with E-state index in [0.717, 1.165) is 12.1 Å². The Kier molecular flexibility index (Phi) is 3.43. The Labute approximate surface area is 84.2 Å². The molecule has 0 heterocycles. The molecule has 0 aliphatic rings. The van der Waals surface area contributed by atoms with E-state index >= 15 is 0 Å². The molecular formula is C9H9F2NO3. The molecule has 0 atom stereocenters. The summed E-state index contributed by atoms with van der Waals surface area (Å²) in [5.74, 6) is -1.50. The molecular weight excluding hydrogens is 208 g/mol. The van der Waals surface area contributed by atoms with E-state index in [0.29, 0.717) is 0 Å². The van der Waals surface area contributed by atoms with Crippen molar-refractivity contribution in [1.82, 2.24) is 0 Å². The molecule has 0 spiro atoms. The van der Waals surface area contributed by atoms with E-state index in [-0.39, 0.29) is 17.8 Å². The summed E-state index contributed by atoms with van der Waals surface area (Å²) in [5, 5.41) is 20.0. The van der Waals surface area contributed by atoms with Gasteiger partial charge in [-0.3, -0.25) is 4.79 Å². The molecule has 0 radical (unpaired) electrons. The van der Waals surface area contributed by atoms with Gasteiger partial charge in [0.25, 0.3) is 6.43 Å². The molecule has 0 aromatic heterocycles. The summed E-state index contributed by atoms with van der Waals surface area (Å²) in [7, 11) is 0. The topological polar surface area (TPSA) is 69.6 Å². The van der Waals surface area contributed by atoms with Crippen molar-refractivity contribution in [1.29, 1.82) is 0 Å². The number of aliphatic carboxylic acids is 1. The van der Waals surface area contributed by atoms with Gasteiger partial charge in [0.1, 0.15) is 12.3 Å². The van der Waals surface area contributed by atoms with Crippen LogP contribution in [0.2, 0.25) is 0 Å². The Hall–Kier alpha value is -1.85. The number of carbonyl (C=O) groups is 1. The van der Waals surface area contributed by atoms with Gasteiger partial charge in [-0.05, 0) is 12.1 Å². The number of hydrogen-bond acceptors (Lipinski definition) is 3. The molecule has 0 saturated carbocycles. The van der Waals surface area contributed by atoms with Crippen LogP contribution in [-0.2, 0) is 4.79 Å². The lowest BCUT2D eigenvalue weighted by Crippen LogP contribution is -2.12. The molecule has 3 N–H and O–H groups in total. The first-order valence-corrected chi connectivity index (χ1v) is 4.07. The summed E-state index contributed by atoms with van der Waals surface area (Å²) in [5.41, 5.74) is -0.199. The lowest BCUT2D eigenvalue weighted by Gasteiger charge is -2.07. The number of halogens is 2. The third-order valence-electron chi connectivity index (χ3n) is 1.70. The Morgan fingerprint density at radius 3 is 2.60 bits per heavy atom. The number of phenols is 1. The van der Waals surface area contributed by atoms with E-state index in [4.69, 9.17) is 5.11 Å². The molecule has 0 saturated heterocycles. The maximum atomic E-state index is 12.2. The second-order valence-corrected chi connectivity index (χ2v) is 2.82. The van der Waals surface area contributed by atoms with Crippen molar-refractivity contribution in [2.24, 2.45) is 0 Å². The minimum Gasteiger partial charge on any atom is -0.506 e. The van der Waals surface area contributed by atoms with Crippen LogP contribution < -0.4 is 5.32 Å². The van der Waals surface area contributed by atoms with Gasteiger partial charge in [-0.15, -0.1) is 0 Å². The normalized spacial score (nSPS) is 10.3. The summed E-state index contributed by atoms with van der Waals surface area (Å²) < 4.78 is 24.3. The van der Waals surface area contributed by atoms with Gasteiger partial charge in [0.2, 0.25) is 0 Å². The maximum Gasteiger partial charge on any atom is 0.322 e. The SMILES string of the molecule is O=C(O)CNc1ccc(C(F)F)cc1O. The number of carboxylic acids is 1. The Morgan fingerprint density at radius 1 is 1.47 bits per heavy atom. The third kappa shape index (κ3) is 3.08. The van der Waals surface area contributed by atoms with E-state index in [1.165, 1.54) is 6.07 Å². The van der Waals surface area contributed by atoms with Crippen LogP contribution in [0.3, 0.4) is 0 Å². The number of phenolic OH excluding ortho intramolecular Hbond substituents is 1. The summed E-state index contributed by atoms with van der Waals surface area (Å²) in [6.45, 7) is -0.387. The van der Waals surface area contributed by atoms with Crippen molar-refractivity contribution in [3.63, 3.8) is 0 Å². The van der Waals surface area contributed by atoms with E-state index < -0.39 is 18.1 Å². The fourth-order valence-corrected chi connectivity index (χ4v) is 1.00. The molecule has 82 valence electrons. The van der Waals surface area contributed by atoms with Gasteiger partial charge in [-0.1, -0.05) is 6.07 Å². The highest BCUT2D eigenvalue weighted by Gasteiger charge is 2.10. The lowest BCUT2D eigenvalue weighted by molar-refractivity contribution is -0.134. The zero-order valence-electron chi connectivity index (χ0n) is 7.58. The summed E-state index contributed by atoms with van der Waals surface area (Å²) in [6.07, 6.45) is -2.66. The minimum atomic E-state index is -2.66. The molecule has 6 heteroatoms. The van der Waals surface area contributed by atoms with E-state index in [1.54, 1.807) is 0 Å². The van der Waals surface area contributed by atoms with Crippen LogP contribution in [0.1, 0.15) is 12.0 Å². The predicted molar refractivity (Wildman–Crippen MR) is 49.2 cm³/mol. The molecule has 1 rings (SSSR count). The number of rotatable bonds is 4. The number of alkyl halides is 2. The Bertz CT molecular complexity index is 368. The zero-order valence-corrected chi connectivity index (χ0v) is 7.58. The van der Waals surface area contributed by atoms with Gasteiger partial charge < -0.3 is 15.5 Å². The first kappa shape index (κ1) is 11.2. The molecule has 0 aliphatic carbocycles. The Morgan fingerprint density at radius 2 is 2.13 bits per heavy atom. The molecule has 0 aliphatic heterocycles. The van der Waals surface area contributed by atoms with Crippen molar-refractivity contribution >= 4 is 11.7 Å². The standard InChI is InChI=1S/C9H9F2NO3/c10-9(11)5-1-2-6(7(13)3-5)12-4-8(14)15/h1-3,9,12-13H,4H2,(H,14,15). The van der Waals surface area contributed by atoms with E-state index in [2.05, 4.69) is 5.32 Å². The fraction of sp³-hybridized carbons (Fsp3) is 0.222. The van der Waals surface area contributed by atoms with Crippen LogP contribution >= 0.6 is 0 Å². The number of carboxylic acid groups (broad SMARTS) is 1. The van der Waals surface area contributed by atoms with Crippen LogP contribution in [0.25, 0.3) is 0 Å². The molecule has 0 unspecified atom stereocenters.